The van der Waals surface area contributed by atoms with Crippen molar-refractivity contribution in [2.45, 2.75) is 13.1 Å². The number of benzene rings is 1. The van der Waals surface area contributed by atoms with E-state index < -0.39 is 0 Å². The number of fused-ring (bicyclic) bond motifs is 1. The van der Waals surface area contributed by atoms with Crippen LogP contribution in [0.1, 0.15) is 11.3 Å². The molecule has 0 bridgehead atoms. The highest BCUT2D eigenvalue weighted by Crippen LogP contribution is 2.17. The lowest BCUT2D eigenvalue weighted by Crippen LogP contribution is -2.07. The van der Waals surface area contributed by atoms with Crippen molar-refractivity contribution in [3.63, 3.8) is 0 Å². The highest BCUT2D eigenvalue weighted by atomic mass is 16.3. The van der Waals surface area contributed by atoms with Crippen LogP contribution in [0.4, 0.5) is 0 Å². The minimum absolute atomic E-state index is 0.713. The van der Waals surface area contributed by atoms with Gasteiger partial charge in [0.25, 0.3) is 0 Å². The monoisotopic (exact) mass is 241 g/mol. The predicted octanol–water partition coefficient (Wildman–Crippen LogP) is 2.40. The van der Waals surface area contributed by atoms with Gasteiger partial charge in [-0.2, -0.15) is 0 Å². The van der Waals surface area contributed by atoms with Crippen LogP contribution >= 0.6 is 0 Å². The van der Waals surface area contributed by atoms with Gasteiger partial charge in [0.15, 0.2) is 0 Å². The fourth-order valence-electron chi connectivity index (χ4n) is 2.14. The lowest BCUT2D eigenvalue weighted by atomic mass is 10.2. The van der Waals surface area contributed by atoms with E-state index in [9.17, 15) is 0 Å². The van der Waals surface area contributed by atoms with Gasteiger partial charge in [-0.1, -0.05) is 12.1 Å². The zero-order chi connectivity index (χ0) is 12.4. The van der Waals surface area contributed by atoms with Gasteiger partial charge in [-0.3, -0.25) is 0 Å². The first-order valence-electron chi connectivity index (χ1n) is 5.98. The number of hydrogen-bond donors (Lipinski definition) is 1. The Morgan fingerprint density at radius 2 is 2.17 bits per heavy atom. The van der Waals surface area contributed by atoms with Crippen molar-refractivity contribution in [2.75, 3.05) is 7.05 Å². The average molecular weight is 241 g/mol. The molecule has 0 aliphatic rings. The molecule has 2 aromatic heterocycles. The first kappa shape index (κ1) is 11.0. The third kappa shape index (κ3) is 1.91. The third-order valence-corrected chi connectivity index (χ3v) is 3.05. The largest absolute Gasteiger partial charge is 0.467 e. The predicted molar refractivity (Wildman–Crippen MR) is 70.3 cm³/mol. The molecule has 0 saturated heterocycles. The van der Waals surface area contributed by atoms with Gasteiger partial charge >= 0.3 is 0 Å². The molecule has 4 heteroatoms. The number of imidazole rings is 1. The molecule has 3 rings (SSSR count). The summed E-state index contributed by atoms with van der Waals surface area (Å²) in [6.07, 6.45) is 3.59. The summed E-state index contributed by atoms with van der Waals surface area (Å²) in [7, 11) is 1.93. The molecule has 0 aliphatic heterocycles. The van der Waals surface area contributed by atoms with Gasteiger partial charge in [-0.25, -0.2) is 4.98 Å². The Morgan fingerprint density at radius 3 is 3.06 bits per heavy atom. The van der Waals surface area contributed by atoms with E-state index in [4.69, 9.17) is 4.42 Å². The van der Waals surface area contributed by atoms with E-state index in [-0.39, 0.29) is 0 Å². The second kappa shape index (κ2) is 4.66. The summed E-state index contributed by atoms with van der Waals surface area (Å²) in [5, 5.41) is 3.14. The average Bonchev–Trinajstić information content (AvgIpc) is 2.99. The summed E-state index contributed by atoms with van der Waals surface area (Å²) in [6.45, 7) is 1.53. The number of rotatable bonds is 4. The topological polar surface area (TPSA) is 43.0 Å². The molecule has 2 heterocycles. The van der Waals surface area contributed by atoms with E-state index in [1.54, 1.807) is 6.26 Å². The van der Waals surface area contributed by atoms with Crippen LogP contribution in [0.15, 0.2) is 47.3 Å². The molecule has 0 amide bonds. The van der Waals surface area contributed by atoms with Gasteiger partial charge in [0.05, 0.1) is 30.2 Å². The molecule has 18 heavy (non-hydrogen) atoms. The molecule has 0 radical (unpaired) electrons. The zero-order valence-corrected chi connectivity index (χ0v) is 10.3. The molecule has 0 fully saturated rings. The van der Waals surface area contributed by atoms with Gasteiger partial charge in [0.1, 0.15) is 5.76 Å². The van der Waals surface area contributed by atoms with Gasteiger partial charge in [-0.15, -0.1) is 0 Å². The summed E-state index contributed by atoms with van der Waals surface area (Å²) in [6, 6.07) is 10.1. The Kier molecular flexibility index (Phi) is 2.86. The molecular formula is C14H15N3O. The first-order chi connectivity index (χ1) is 8.88. The second-order valence-electron chi connectivity index (χ2n) is 4.26. The van der Waals surface area contributed by atoms with E-state index in [1.807, 2.05) is 37.6 Å². The maximum atomic E-state index is 5.55. The Balaban J connectivity index is 1.94. The summed E-state index contributed by atoms with van der Waals surface area (Å²) < 4.78 is 7.66. The molecule has 0 atom stereocenters. The number of para-hydroxylation sites is 2. The molecule has 92 valence electrons. The number of nitrogens with zero attached hydrogens (tertiary/aromatic N) is 2. The third-order valence-electron chi connectivity index (χ3n) is 3.05. The van der Waals surface area contributed by atoms with Crippen molar-refractivity contribution < 1.29 is 4.42 Å². The highest BCUT2D eigenvalue weighted by molar-refractivity contribution is 5.75. The zero-order valence-electron chi connectivity index (χ0n) is 10.3. The molecule has 1 N–H and O–H groups in total. The number of furan rings is 1. The summed E-state index contributed by atoms with van der Waals surface area (Å²) in [5.74, 6) is 0.979. The molecule has 1 aromatic carbocycles. The molecule has 0 unspecified atom stereocenters. The molecule has 3 aromatic rings. The Morgan fingerprint density at radius 1 is 1.28 bits per heavy atom. The molecule has 4 nitrogen and oxygen atoms in total. The normalized spacial score (nSPS) is 11.2. The molecular weight excluding hydrogens is 226 g/mol. The molecule has 0 saturated carbocycles. The van der Waals surface area contributed by atoms with Crippen molar-refractivity contribution >= 4 is 11.0 Å². The first-order valence-corrected chi connectivity index (χ1v) is 5.98. The van der Waals surface area contributed by atoms with Crippen molar-refractivity contribution in [1.82, 2.24) is 14.9 Å². The maximum absolute atomic E-state index is 5.55. The van der Waals surface area contributed by atoms with E-state index in [2.05, 4.69) is 20.9 Å². The second-order valence-corrected chi connectivity index (χ2v) is 4.26. The van der Waals surface area contributed by atoms with Crippen LogP contribution in [0.3, 0.4) is 0 Å². The van der Waals surface area contributed by atoms with Gasteiger partial charge in [0, 0.05) is 12.1 Å². The summed E-state index contributed by atoms with van der Waals surface area (Å²) in [4.78, 5) is 4.38. The van der Waals surface area contributed by atoms with Crippen molar-refractivity contribution in [3.05, 3.63) is 54.2 Å². The Hall–Kier alpha value is -2.07. The lowest BCUT2D eigenvalue weighted by molar-refractivity contribution is 0.489. The van der Waals surface area contributed by atoms with E-state index in [0.29, 0.717) is 6.54 Å². The number of hydrogen-bond acceptors (Lipinski definition) is 3. The standard InChI is InChI=1S/C14H15N3O/c1-15-8-11-6-7-18-14(11)9-17-10-16-12-4-2-3-5-13(12)17/h2-7,10,15H,8-9H2,1H3. The highest BCUT2D eigenvalue weighted by Gasteiger charge is 2.08. The van der Waals surface area contributed by atoms with E-state index >= 15 is 0 Å². The fourth-order valence-corrected chi connectivity index (χ4v) is 2.14. The van der Waals surface area contributed by atoms with Crippen molar-refractivity contribution in [1.29, 1.82) is 0 Å². The summed E-state index contributed by atoms with van der Waals surface area (Å²) in [5.41, 5.74) is 3.33. The Labute approximate surface area is 105 Å². The minimum atomic E-state index is 0.713. The number of aromatic nitrogens is 2. The quantitative estimate of drug-likeness (QED) is 0.762. The smallest absolute Gasteiger partial charge is 0.127 e. The maximum Gasteiger partial charge on any atom is 0.127 e. The summed E-state index contributed by atoms with van der Waals surface area (Å²) >= 11 is 0. The van der Waals surface area contributed by atoms with Crippen LogP contribution < -0.4 is 5.32 Å². The van der Waals surface area contributed by atoms with Crippen LogP contribution in [0.5, 0.6) is 0 Å². The fraction of sp³-hybridized carbons (Fsp3) is 0.214. The minimum Gasteiger partial charge on any atom is -0.467 e. The van der Waals surface area contributed by atoms with Crippen LogP contribution in [-0.4, -0.2) is 16.6 Å². The Bertz CT molecular complexity index is 654. The van der Waals surface area contributed by atoms with Gasteiger partial charge in [0.2, 0.25) is 0 Å². The van der Waals surface area contributed by atoms with E-state index in [1.165, 1.54) is 5.56 Å². The van der Waals surface area contributed by atoms with E-state index in [0.717, 1.165) is 23.3 Å². The SMILES string of the molecule is CNCc1ccoc1Cn1cnc2ccccc21. The van der Waals surface area contributed by atoms with Crippen LogP contribution in [0, 0.1) is 0 Å². The lowest BCUT2D eigenvalue weighted by Gasteiger charge is -2.04. The number of nitrogens with one attached hydrogen (secondary N) is 1. The van der Waals surface area contributed by atoms with Crippen LogP contribution in [0.25, 0.3) is 11.0 Å². The van der Waals surface area contributed by atoms with Gasteiger partial charge < -0.3 is 14.3 Å². The van der Waals surface area contributed by atoms with Crippen molar-refractivity contribution in [2.24, 2.45) is 0 Å². The van der Waals surface area contributed by atoms with Crippen molar-refractivity contribution in [3.8, 4) is 0 Å². The van der Waals surface area contributed by atoms with Crippen LogP contribution in [0.2, 0.25) is 0 Å². The molecule has 0 spiro atoms. The molecule has 0 aliphatic carbocycles. The van der Waals surface area contributed by atoms with Gasteiger partial charge in [-0.05, 0) is 25.2 Å². The van der Waals surface area contributed by atoms with Crippen LogP contribution in [-0.2, 0) is 13.1 Å².